The first-order chi connectivity index (χ1) is 21.8. The van der Waals surface area contributed by atoms with Crippen molar-refractivity contribution in [2.24, 2.45) is 0 Å². The van der Waals surface area contributed by atoms with Crippen LogP contribution >= 0.6 is 0 Å². The second-order valence-electron chi connectivity index (χ2n) is 11.6. The average molecular weight is 598 g/mol. The molecule has 1 saturated heterocycles. The molecule has 0 bridgehead atoms. The van der Waals surface area contributed by atoms with Crippen molar-refractivity contribution in [2.75, 3.05) is 50.1 Å². The maximum Gasteiger partial charge on any atom is 0.336 e. The number of carbonyl (C=O) groups is 2. The van der Waals surface area contributed by atoms with E-state index in [9.17, 15) is 19.5 Å². The number of rotatable bonds is 5. The number of hydrogen-bond donors (Lipinski definition) is 1. The summed E-state index contributed by atoms with van der Waals surface area (Å²) in [7, 11) is 4.02. The van der Waals surface area contributed by atoms with Gasteiger partial charge in [-0.2, -0.15) is 0 Å². The fraction of sp³-hybridized carbons (Fsp3) is 0.162. The van der Waals surface area contributed by atoms with E-state index in [1.54, 1.807) is 30.3 Å². The first-order valence-corrected chi connectivity index (χ1v) is 14.9. The lowest BCUT2D eigenvalue weighted by Crippen LogP contribution is -2.48. The molecule has 0 atom stereocenters. The normalized spacial score (nSPS) is 13.5. The third-order valence-electron chi connectivity index (χ3n) is 8.62. The number of hydrogen-bond acceptors (Lipinski definition) is 6. The highest BCUT2D eigenvalue weighted by Crippen LogP contribution is 2.42. The summed E-state index contributed by atoms with van der Waals surface area (Å²) in [5.74, 6) is -0.617. The van der Waals surface area contributed by atoms with Crippen molar-refractivity contribution in [2.45, 2.75) is 0 Å². The molecule has 1 fully saturated rings. The Hall–Kier alpha value is -5.63. The van der Waals surface area contributed by atoms with E-state index in [1.807, 2.05) is 55.4 Å². The van der Waals surface area contributed by atoms with Gasteiger partial charge in [0.2, 0.25) is 0 Å². The van der Waals surface area contributed by atoms with Crippen molar-refractivity contribution >= 4 is 45.0 Å². The summed E-state index contributed by atoms with van der Waals surface area (Å²) in [4.78, 5) is 44.0. The number of carboxylic acids is 1. The predicted octanol–water partition coefficient (Wildman–Crippen LogP) is 6.44. The van der Waals surface area contributed by atoms with Gasteiger partial charge in [0, 0.05) is 85.9 Å². The van der Waals surface area contributed by atoms with Crippen LogP contribution in [0, 0.1) is 0 Å². The van der Waals surface area contributed by atoms with Gasteiger partial charge in [-0.15, -0.1) is 0 Å². The zero-order chi connectivity index (χ0) is 31.2. The minimum Gasteiger partial charge on any atom is -0.478 e. The van der Waals surface area contributed by atoms with Crippen molar-refractivity contribution < 1.29 is 19.1 Å². The van der Waals surface area contributed by atoms with Crippen molar-refractivity contribution in [3.05, 3.63) is 118 Å². The fourth-order valence-corrected chi connectivity index (χ4v) is 6.23. The smallest absolute Gasteiger partial charge is 0.336 e. The average Bonchev–Trinajstić information content (AvgIpc) is 3.06. The highest BCUT2D eigenvalue weighted by atomic mass is 16.4. The Balaban J connectivity index is 1.17. The Kier molecular flexibility index (Phi) is 6.97. The number of piperazine rings is 1. The molecule has 0 unspecified atom stereocenters. The number of benzene rings is 5. The van der Waals surface area contributed by atoms with Crippen molar-refractivity contribution in [1.29, 1.82) is 0 Å². The monoisotopic (exact) mass is 597 g/mol. The van der Waals surface area contributed by atoms with Crippen LogP contribution in [0.25, 0.3) is 44.2 Å². The minimum atomic E-state index is -1.03. The van der Waals surface area contributed by atoms with Gasteiger partial charge in [0.15, 0.2) is 5.43 Å². The standard InChI is InChI=1S/C37H31N3O5/c1-38(2)26-10-9-23-19-25(8-7-24(23)20-26)36(42)40-17-15-39(16-18-40)27-11-13-31-33(21-27)45-34-22-28(41)12-14-32(34)35(31)29-5-3-4-6-30(29)37(43)44/h3-14,19-22H,15-18H2,1-2H3,(H,43,44). The summed E-state index contributed by atoms with van der Waals surface area (Å²) in [6.07, 6.45) is 0. The molecule has 0 aromatic heterocycles. The molecule has 4 aromatic carbocycles. The van der Waals surface area contributed by atoms with E-state index in [0.29, 0.717) is 59.8 Å². The third kappa shape index (κ3) is 5.14. The van der Waals surface area contributed by atoms with Gasteiger partial charge < -0.3 is 24.2 Å². The second kappa shape index (κ2) is 11.1. The highest BCUT2D eigenvalue weighted by molar-refractivity contribution is 6.08. The molecule has 4 aromatic rings. The molecule has 2 aliphatic heterocycles. The van der Waals surface area contributed by atoms with Crippen molar-refractivity contribution in [3.63, 3.8) is 0 Å². The summed E-state index contributed by atoms with van der Waals surface area (Å²) < 4.78 is 6.25. The van der Waals surface area contributed by atoms with Gasteiger partial charge in [0.05, 0.1) is 5.56 Å². The summed E-state index contributed by atoms with van der Waals surface area (Å²) >= 11 is 0. The zero-order valence-corrected chi connectivity index (χ0v) is 25.0. The predicted molar refractivity (Wildman–Crippen MR) is 178 cm³/mol. The molecule has 1 amide bonds. The summed E-state index contributed by atoms with van der Waals surface area (Å²) in [6.45, 7) is 2.42. The molecular formula is C37H31N3O5. The van der Waals surface area contributed by atoms with E-state index < -0.39 is 5.97 Å². The number of carboxylic acid groups (broad SMARTS) is 1. The van der Waals surface area contributed by atoms with Crippen LogP contribution < -0.4 is 15.2 Å². The number of carbonyl (C=O) groups excluding carboxylic acids is 1. The van der Waals surface area contributed by atoms with Gasteiger partial charge in [-0.25, -0.2) is 4.79 Å². The molecule has 1 N–H and O–H groups in total. The van der Waals surface area contributed by atoms with Crippen LogP contribution in [0.1, 0.15) is 20.7 Å². The van der Waals surface area contributed by atoms with Crippen LogP contribution in [-0.4, -0.2) is 62.2 Å². The summed E-state index contributed by atoms with van der Waals surface area (Å²) in [6, 6.07) is 29.4. The third-order valence-corrected chi connectivity index (χ3v) is 8.62. The maximum absolute atomic E-state index is 13.5. The molecule has 3 aliphatic rings. The quantitative estimate of drug-likeness (QED) is 0.229. The van der Waals surface area contributed by atoms with E-state index in [0.717, 1.165) is 27.5 Å². The van der Waals surface area contributed by atoms with Gasteiger partial charge in [-0.05, 0) is 70.9 Å². The summed E-state index contributed by atoms with van der Waals surface area (Å²) in [5, 5.41) is 12.8. The molecule has 224 valence electrons. The lowest BCUT2D eigenvalue weighted by atomic mass is 9.90. The fourth-order valence-electron chi connectivity index (χ4n) is 6.23. The van der Waals surface area contributed by atoms with Crippen LogP contribution in [0.5, 0.6) is 0 Å². The number of fused-ring (bicyclic) bond motifs is 3. The zero-order valence-electron chi connectivity index (χ0n) is 25.0. The topological polar surface area (TPSA) is 94.3 Å². The van der Waals surface area contributed by atoms with E-state index in [-0.39, 0.29) is 16.9 Å². The lowest BCUT2D eigenvalue weighted by molar-refractivity contribution is 0.0696. The molecule has 2 heterocycles. The van der Waals surface area contributed by atoms with E-state index in [2.05, 4.69) is 28.0 Å². The molecule has 1 aliphatic carbocycles. The number of amides is 1. The van der Waals surface area contributed by atoms with Crippen molar-refractivity contribution in [1.82, 2.24) is 4.90 Å². The minimum absolute atomic E-state index is 0.0170. The first-order valence-electron chi connectivity index (χ1n) is 14.9. The Bertz CT molecular complexity index is 2140. The van der Waals surface area contributed by atoms with Gasteiger partial charge in [0.1, 0.15) is 11.3 Å². The SMILES string of the molecule is CN(C)c1ccc2cc(C(=O)N3CCN(c4ccc5c(-c6ccccc6C(=O)O)c6ccc(=O)cc-6oc5c4)CC3)ccc2c1. The second-order valence-corrected chi connectivity index (χ2v) is 11.6. The molecule has 0 spiro atoms. The Morgan fingerprint density at radius 1 is 0.778 bits per heavy atom. The number of aromatic carboxylic acids is 1. The van der Waals surface area contributed by atoms with Crippen LogP contribution in [0.4, 0.5) is 11.4 Å². The van der Waals surface area contributed by atoms with E-state index >= 15 is 0 Å². The van der Waals surface area contributed by atoms with E-state index in [4.69, 9.17) is 4.42 Å². The molecule has 8 nitrogen and oxygen atoms in total. The summed E-state index contributed by atoms with van der Waals surface area (Å²) in [5.41, 5.74) is 5.18. The maximum atomic E-state index is 13.5. The molecule has 0 saturated carbocycles. The molecule has 0 radical (unpaired) electrons. The molecule has 8 heteroatoms. The molecule has 45 heavy (non-hydrogen) atoms. The van der Waals surface area contributed by atoms with Gasteiger partial charge in [0.25, 0.3) is 5.91 Å². The largest absolute Gasteiger partial charge is 0.478 e. The van der Waals surface area contributed by atoms with Crippen LogP contribution in [0.15, 0.2) is 106 Å². The Labute approximate surface area is 259 Å². The van der Waals surface area contributed by atoms with Gasteiger partial charge in [-0.3, -0.25) is 9.59 Å². The van der Waals surface area contributed by atoms with Gasteiger partial charge in [-0.1, -0.05) is 30.3 Å². The highest BCUT2D eigenvalue weighted by Gasteiger charge is 2.25. The first kappa shape index (κ1) is 28.2. The molecular weight excluding hydrogens is 566 g/mol. The Morgan fingerprint density at radius 2 is 1.53 bits per heavy atom. The van der Waals surface area contributed by atoms with E-state index in [1.165, 1.54) is 12.1 Å². The van der Waals surface area contributed by atoms with Gasteiger partial charge >= 0.3 is 5.97 Å². The van der Waals surface area contributed by atoms with Crippen LogP contribution in [-0.2, 0) is 0 Å². The van der Waals surface area contributed by atoms with Crippen LogP contribution in [0.3, 0.4) is 0 Å². The lowest BCUT2D eigenvalue weighted by Gasteiger charge is -2.36. The number of nitrogens with zero attached hydrogens (tertiary/aromatic N) is 3. The Morgan fingerprint density at radius 3 is 2.31 bits per heavy atom. The van der Waals surface area contributed by atoms with Crippen molar-refractivity contribution in [3.8, 4) is 22.5 Å². The number of anilines is 2. The molecule has 7 rings (SSSR count). The van der Waals surface area contributed by atoms with Crippen LogP contribution in [0.2, 0.25) is 0 Å².